The Kier molecular flexibility index (Phi) is 4.86. The topological polar surface area (TPSA) is 72.2 Å². The quantitative estimate of drug-likeness (QED) is 0.823. The summed E-state index contributed by atoms with van der Waals surface area (Å²) >= 11 is 3.54. The average Bonchev–Trinajstić information content (AvgIpc) is 2.77. The molecular weight excluding hydrogens is 336 g/mol. The summed E-state index contributed by atoms with van der Waals surface area (Å²) in [4.78, 5) is 24.1. The number of halogens is 1. The molecule has 1 unspecified atom stereocenters. The molecule has 0 aromatic carbocycles. The molecule has 1 aliphatic rings. The number of Topliss-reactive ketones (excluding diaryl/α,β-unsaturated/α-hetero) is 1. The molecule has 2 rings (SSSR count). The number of carboxylic acids is 1. The molecule has 5 nitrogen and oxygen atoms in total. The number of aliphatic carboxylic acids is 1. The van der Waals surface area contributed by atoms with Gasteiger partial charge < -0.3 is 5.11 Å². The molecule has 1 atom stereocenters. The molecule has 116 valence electrons. The van der Waals surface area contributed by atoms with Crippen molar-refractivity contribution in [3.8, 4) is 0 Å². The lowest BCUT2D eigenvalue weighted by molar-refractivity contribution is -0.157. The van der Waals surface area contributed by atoms with Gasteiger partial charge in [-0.25, -0.2) is 0 Å². The number of rotatable bonds is 5. The molecule has 1 saturated carbocycles. The number of ketones is 1. The number of aromatic nitrogens is 2. The fraction of sp³-hybridized carbons (Fsp3) is 0.667. The Morgan fingerprint density at radius 1 is 1.43 bits per heavy atom. The Labute approximate surface area is 132 Å². The Balaban J connectivity index is 2.44. The van der Waals surface area contributed by atoms with Gasteiger partial charge in [-0.2, -0.15) is 5.10 Å². The van der Waals surface area contributed by atoms with Crippen LogP contribution in [0.4, 0.5) is 0 Å². The lowest BCUT2D eigenvalue weighted by atomic mass is 9.70. The van der Waals surface area contributed by atoms with Crippen LogP contribution in [0.25, 0.3) is 0 Å². The summed E-state index contributed by atoms with van der Waals surface area (Å²) in [5.41, 5.74) is 0.460. The molecule has 0 radical (unpaired) electrons. The molecule has 1 heterocycles. The van der Waals surface area contributed by atoms with Crippen molar-refractivity contribution in [2.75, 3.05) is 0 Å². The fourth-order valence-corrected chi connectivity index (χ4v) is 3.76. The first kappa shape index (κ1) is 16.2. The molecule has 0 bridgehead atoms. The van der Waals surface area contributed by atoms with Gasteiger partial charge in [0, 0.05) is 19.4 Å². The van der Waals surface area contributed by atoms with E-state index in [1.807, 2.05) is 18.5 Å². The molecule has 6 heteroatoms. The van der Waals surface area contributed by atoms with Gasteiger partial charge in [-0.3, -0.25) is 14.3 Å². The van der Waals surface area contributed by atoms with E-state index >= 15 is 0 Å². The van der Waals surface area contributed by atoms with Crippen molar-refractivity contribution in [2.24, 2.45) is 5.41 Å². The van der Waals surface area contributed by atoms with E-state index in [0.29, 0.717) is 19.4 Å². The lowest BCUT2D eigenvalue weighted by Gasteiger charge is -2.31. The Morgan fingerprint density at radius 2 is 2.14 bits per heavy atom. The third-order valence-corrected chi connectivity index (χ3v) is 5.28. The van der Waals surface area contributed by atoms with Gasteiger partial charge in [-0.05, 0) is 42.1 Å². The van der Waals surface area contributed by atoms with Crippen LogP contribution in [0.5, 0.6) is 0 Å². The van der Waals surface area contributed by atoms with Gasteiger partial charge in [0.2, 0.25) is 0 Å². The second-order valence-electron chi connectivity index (χ2n) is 5.57. The molecule has 21 heavy (non-hydrogen) atoms. The molecule has 0 amide bonds. The predicted octanol–water partition coefficient (Wildman–Crippen LogP) is 2.98. The highest BCUT2D eigenvalue weighted by Gasteiger charge is 2.47. The maximum Gasteiger partial charge on any atom is 0.317 e. The van der Waals surface area contributed by atoms with Crippen LogP contribution >= 0.6 is 15.9 Å². The monoisotopic (exact) mass is 356 g/mol. The molecule has 1 aromatic heterocycles. The lowest BCUT2D eigenvalue weighted by Crippen LogP contribution is -2.44. The van der Waals surface area contributed by atoms with Crippen molar-refractivity contribution >= 4 is 27.7 Å². The third-order valence-electron chi connectivity index (χ3n) is 4.36. The number of carboxylic acid groups (broad SMARTS) is 1. The first-order valence-electron chi connectivity index (χ1n) is 7.47. The molecular formula is C15H21BrN2O3. The summed E-state index contributed by atoms with van der Waals surface area (Å²) in [6.45, 7) is 4.64. The normalized spacial score (nSPS) is 22.5. The average molecular weight is 357 g/mol. The predicted molar refractivity (Wildman–Crippen MR) is 82.2 cm³/mol. The summed E-state index contributed by atoms with van der Waals surface area (Å²) in [6.07, 6.45) is 3.37. The van der Waals surface area contributed by atoms with Crippen molar-refractivity contribution in [1.82, 2.24) is 9.78 Å². The summed E-state index contributed by atoms with van der Waals surface area (Å²) in [6, 6.07) is 0. The van der Waals surface area contributed by atoms with Crippen molar-refractivity contribution in [1.29, 1.82) is 0 Å². The minimum atomic E-state index is -1.28. The van der Waals surface area contributed by atoms with Crippen molar-refractivity contribution < 1.29 is 14.7 Å². The van der Waals surface area contributed by atoms with E-state index in [1.54, 1.807) is 0 Å². The van der Waals surface area contributed by atoms with Gasteiger partial charge in [0.25, 0.3) is 0 Å². The molecule has 0 aliphatic heterocycles. The van der Waals surface area contributed by atoms with E-state index < -0.39 is 11.4 Å². The Bertz CT molecular complexity index is 568. The second kappa shape index (κ2) is 6.30. The Hall–Kier alpha value is -1.17. The highest BCUT2D eigenvalue weighted by Crippen LogP contribution is 2.39. The molecule has 1 N–H and O–H groups in total. The maximum absolute atomic E-state index is 12.3. The van der Waals surface area contributed by atoms with Crippen molar-refractivity contribution in [2.45, 2.75) is 58.9 Å². The molecule has 0 saturated heterocycles. The number of hydrogen-bond acceptors (Lipinski definition) is 3. The van der Waals surface area contributed by atoms with Gasteiger partial charge >= 0.3 is 5.97 Å². The summed E-state index contributed by atoms with van der Waals surface area (Å²) in [5, 5.41) is 14.2. The van der Waals surface area contributed by atoms with Crippen LogP contribution in [0, 0.1) is 5.41 Å². The number of hydrogen-bond donors (Lipinski definition) is 1. The maximum atomic E-state index is 12.3. The van der Waals surface area contributed by atoms with Crippen LogP contribution < -0.4 is 0 Å². The molecule has 1 fully saturated rings. The van der Waals surface area contributed by atoms with E-state index in [2.05, 4.69) is 21.0 Å². The first-order chi connectivity index (χ1) is 9.96. The minimum Gasteiger partial charge on any atom is -0.480 e. The van der Waals surface area contributed by atoms with Gasteiger partial charge in [0.05, 0.1) is 15.9 Å². The zero-order chi connectivity index (χ0) is 15.6. The van der Waals surface area contributed by atoms with E-state index in [0.717, 1.165) is 35.1 Å². The van der Waals surface area contributed by atoms with E-state index in [-0.39, 0.29) is 12.2 Å². The summed E-state index contributed by atoms with van der Waals surface area (Å²) < 4.78 is 2.67. The number of aryl methyl sites for hydroxylation is 2. The smallest absolute Gasteiger partial charge is 0.317 e. The van der Waals surface area contributed by atoms with E-state index in [1.165, 1.54) is 0 Å². The largest absolute Gasteiger partial charge is 0.480 e. The Morgan fingerprint density at radius 3 is 2.67 bits per heavy atom. The zero-order valence-corrected chi connectivity index (χ0v) is 14.1. The van der Waals surface area contributed by atoms with Gasteiger partial charge in [-0.1, -0.05) is 13.3 Å². The van der Waals surface area contributed by atoms with Gasteiger partial charge in [0.15, 0.2) is 5.78 Å². The first-order valence-corrected chi connectivity index (χ1v) is 8.26. The molecule has 0 spiro atoms. The third kappa shape index (κ3) is 2.78. The van der Waals surface area contributed by atoms with Crippen LogP contribution in [-0.4, -0.2) is 26.6 Å². The van der Waals surface area contributed by atoms with Crippen LogP contribution in [0.2, 0.25) is 0 Å². The van der Waals surface area contributed by atoms with Crippen molar-refractivity contribution in [3.05, 3.63) is 15.9 Å². The second-order valence-corrected chi connectivity index (χ2v) is 6.36. The van der Waals surface area contributed by atoms with E-state index in [9.17, 15) is 14.7 Å². The number of nitrogens with zero attached hydrogens (tertiary/aromatic N) is 2. The highest BCUT2D eigenvalue weighted by molar-refractivity contribution is 9.10. The number of carbonyl (C=O) groups is 2. The molecule has 1 aromatic rings. The van der Waals surface area contributed by atoms with Crippen LogP contribution in [0.3, 0.4) is 0 Å². The highest BCUT2D eigenvalue weighted by atomic mass is 79.9. The van der Waals surface area contributed by atoms with Crippen molar-refractivity contribution in [3.63, 3.8) is 0 Å². The van der Waals surface area contributed by atoms with Crippen LogP contribution in [0.15, 0.2) is 4.47 Å². The van der Waals surface area contributed by atoms with Crippen LogP contribution in [-0.2, 0) is 29.0 Å². The van der Waals surface area contributed by atoms with Gasteiger partial charge in [-0.15, -0.1) is 0 Å². The minimum absolute atomic E-state index is 0.143. The summed E-state index contributed by atoms with van der Waals surface area (Å²) in [7, 11) is 0. The van der Waals surface area contributed by atoms with Gasteiger partial charge in [0.1, 0.15) is 5.41 Å². The standard InChI is InChI=1S/C15H21BrN2O3/c1-3-10-13(16)11(18(4-2)17-10)9-15(14(20)21)8-6-5-7-12(15)19/h3-9H2,1-2H3,(H,20,21). The zero-order valence-electron chi connectivity index (χ0n) is 12.5. The number of carbonyl (C=O) groups excluding carboxylic acids is 1. The van der Waals surface area contributed by atoms with E-state index in [4.69, 9.17) is 0 Å². The van der Waals surface area contributed by atoms with Crippen LogP contribution in [0.1, 0.15) is 50.9 Å². The fourth-order valence-electron chi connectivity index (χ4n) is 3.05. The SMILES string of the molecule is CCc1nn(CC)c(CC2(C(=O)O)CCCCC2=O)c1Br. The molecule has 1 aliphatic carbocycles. The summed E-state index contributed by atoms with van der Waals surface area (Å²) in [5.74, 6) is -1.14.